The van der Waals surface area contributed by atoms with E-state index < -0.39 is 5.97 Å². The smallest absolute Gasteiger partial charge is 0.303 e. The number of carbonyl (C=O) groups is 1. The van der Waals surface area contributed by atoms with Crippen molar-refractivity contribution in [3.05, 3.63) is 35.4 Å². The average molecular weight is 205 g/mol. The summed E-state index contributed by atoms with van der Waals surface area (Å²) in [5.74, 6) is -0.802. The molecule has 1 rings (SSSR count). The standard InChI is InChI=1S/C10H9NO2.C2H6/c11-7-9-3-1-8(2-4-9)5-6-10(12)13;1-2/h1-4H,5-6H2,(H,12,13);1-2H3. The van der Waals surface area contributed by atoms with Crippen LogP contribution in [-0.4, -0.2) is 11.1 Å². The predicted molar refractivity (Wildman–Crippen MR) is 58.5 cm³/mol. The van der Waals surface area contributed by atoms with Gasteiger partial charge >= 0.3 is 5.97 Å². The number of rotatable bonds is 3. The summed E-state index contributed by atoms with van der Waals surface area (Å²) in [4.78, 5) is 10.2. The molecule has 0 aromatic heterocycles. The number of hydrogen-bond donors (Lipinski definition) is 1. The summed E-state index contributed by atoms with van der Waals surface area (Å²) in [5, 5.41) is 16.9. The minimum absolute atomic E-state index is 0.131. The maximum Gasteiger partial charge on any atom is 0.303 e. The van der Waals surface area contributed by atoms with Gasteiger partial charge in [0.1, 0.15) is 0 Å². The Bertz CT molecular complexity index is 336. The number of aryl methyl sites for hydroxylation is 1. The highest BCUT2D eigenvalue weighted by molar-refractivity contribution is 5.67. The number of carboxylic acids is 1. The van der Waals surface area contributed by atoms with E-state index in [4.69, 9.17) is 10.4 Å². The summed E-state index contributed by atoms with van der Waals surface area (Å²) in [5.41, 5.74) is 1.54. The van der Waals surface area contributed by atoms with Gasteiger partial charge in [-0.1, -0.05) is 26.0 Å². The van der Waals surface area contributed by atoms with Crippen molar-refractivity contribution in [3.63, 3.8) is 0 Å². The Labute approximate surface area is 90.0 Å². The van der Waals surface area contributed by atoms with E-state index in [1.54, 1.807) is 24.3 Å². The molecule has 0 unspecified atom stereocenters. The molecule has 0 saturated heterocycles. The SMILES string of the molecule is CC.N#Cc1ccc(CCC(=O)O)cc1. The van der Waals surface area contributed by atoms with Gasteiger partial charge in [-0.05, 0) is 24.1 Å². The second-order valence-corrected chi connectivity index (χ2v) is 2.70. The predicted octanol–water partition coefficient (Wildman–Crippen LogP) is 2.60. The average Bonchev–Trinajstić information content (AvgIpc) is 2.30. The van der Waals surface area contributed by atoms with Crippen molar-refractivity contribution >= 4 is 5.97 Å². The summed E-state index contributed by atoms with van der Waals surface area (Å²) in [6.07, 6.45) is 0.646. The highest BCUT2D eigenvalue weighted by Crippen LogP contribution is 2.05. The number of nitrogens with zero attached hydrogens (tertiary/aromatic N) is 1. The number of nitriles is 1. The molecule has 0 saturated carbocycles. The van der Waals surface area contributed by atoms with Gasteiger partial charge in [0.05, 0.1) is 11.6 Å². The van der Waals surface area contributed by atoms with E-state index in [1.165, 1.54) is 0 Å². The van der Waals surface area contributed by atoms with Crippen molar-refractivity contribution in [2.24, 2.45) is 0 Å². The third-order valence-corrected chi connectivity index (χ3v) is 1.71. The Morgan fingerprint density at radius 3 is 2.27 bits per heavy atom. The lowest BCUT2D eigenvalue weighted by atomic mass is 10.1. The van der Waals surface area contributed by atoms with Crippen LogP contribution in [0.5, 0.6) is 0 Å². The van der Waals surface area contributed by atoms with Gasteiger partial charge in [0.2, 0.25) is 0 Å². The molecule has 15 heavy (non-hydrogen) atoms. The maximum atomic E-state index is 10.2. The van der Waals surface area contributed by atoms with Crippen molar-refractivity contribution in [2.45, 2.75) is 26.7 Å². The molecule has 1 aromatic carbocycles. The van der Waals surface area contributed by atoms with Gasteiger partial charge in [0.15, 0.2) is 0 Å². The molecule has 0 radical (unpaired) electrons. The fraction of sp³-hybridized carbons (Fsp3) is 0.333. The molecular weight excluding hydrogens is 190 g/mol. The van der Waals surface area contributed by atoms with Crippen LogP contribution >= 0.6 is 0 Å². The van der Waals surface area contributed by atoms with Crippen molar-refractivity contribution in [3.8, 4) is 6.07 Å². The van der Waals surface area contributed by atoms with E-state index in [-0.39, 0.29) is 6.42 Å². The monoisotopic (exact) mass is 205 g/mol. The molecular formula is C12H15NO2. The van der Waals surface area contributed by atoms with Crippen LogP contribution in [0.25, 0.3) is 0 Å². The van der Waals surface area contributed by atoms with Crippen LogP contribution < -0.4 is 0 Å². The zero-order chi connectivity index (χ0) is 11.7. The first-order valence-electron chi connectivity index (χ1n) is 4.93. The second kappa shape index (κ2) is 7.57. The number of hydrogen-bond acceptors (Lipinski definition) is 2. The van der Waals surface area contributed by atoms with Crippen molar-refractivity contribution < 1.29 is 9.90 Å². The lowest BCUT2D eigenvalue weighted by Gasteiger charge is -1.97. The molecule has 0 bridgehead atoms. The van der Waals surface area contributed by atoms with Crippen molar-refractivity contribution in [1.29, 1.82) is 5.26 Å². The molecule has 1 aromatic rings. The molecule has 0 aliphatic rings. The van der Waals surface area contributed by atoms with E-state index in [2.05, 4.69) is 0 Å². The van der Waals surface area contributed by atoms with E-state index >= 15 is 0 Å². The van der Waals surface area contributed by atoms with Crippen LogP contribution in [0.2, 0.25) is 0 Å². The first-order chi connectivity index (χ1) is 7.22. The van der Waals surface area contributed by atoms with Gasteiger partial charge in [0.25, 0.3) is 0 Å². The molecule has 0 aliphatic carbocycles. The van der Waals surface area contributed by atoms with Crippen molar-refractivity contribution in [1.82, 2.24) is 0 Å². The number of carboxylic acid groups (broad SMARTS) is 1. The lowest BCUT2D eigenvalue weighted by molar-refractivity contribution is -0.136. The largest absolute Gasteiger partial charge is 0.481 e. The summed E-state index contributed by atoms with van der Waals surface area (Å²) < 4.78 is 0. The normalized spacial score (nSPS) is 8.33. The van der Waals surface area contributed by atoms with Crippen LogP contribution in [0, 0.1) is 11.3 Å². The van der Waals surface area contributed by atoms with Gasteiger partial charge in [0, 0.05) is 6.42 Å². The Morgan fingerprint density at radius 1 is 1.33 bits per heavy atom. The Morgan fingerprint density at radius 2 is 1.87 bits per heavy atom. The minimum Gasteiger partial charge on any atom is -0.481 e. The molecule has 3 heteroatoms. The summed E-state index contributed by atoms with van der Waals surface area (Å²) >= 11 is 0. The first-order valence-corrected chi connectivity index (χ1v) is 4.93. The van der Waals surface area contributed by atoms with E-state index in [0.29, 0.717) is 12.0 Å². The number of aliphatic carboxylic acids is 1. The van der Waals surface area contributed by atoms with Crippen LogP contribution in [-0.2, 0) is 11.2 Å². The zero-order valence-corrected chi connectivity index (χ0v) is 9.03. The molecule has 0 spiro atoms. The maximum absolute atomic E-state index is 10.2. The molecule has 0 amide bonds. The van der Waals surface area contributed by atoms with E-state index in [1.807, 2.05) is 19.9 Å². The van der Waals surface area contributed by atoms with Crippen molar-refractivity contribution in [2.75, 3.05) is 0 Å². The number of benzene rings is 1. The molecule has 1 N–H and O–H groups in total. The quantitative estimate of drug-likeness (QED) is 0.825. The Balaban J connectivity index is 0.000000921. The topological polar surface area (TPSA) is 61.1 Å². The van der Waals surface area contributed by atoms with Gasteiger partial charge in [-0.15, -0.1) is 0 Å². The van der Waals surface area contributed by atoms with Crippen LogP contribution in [0.4, 0.5) is 0 Å². The molecule has 3 nitrogen and oxygen atoms in total. The minimum atomic E-state index is -0.802. The molecule has 80 valence electrons. The van der Waals surface area contributed by atoms with Gasteiger partial charge in [-0.2, -0.15) is 5.26 Å². The molecule has 0 fully saturated rings. The van der Waals surface area contributed by atoms with E-state index in [0.717, 1.165) is 5.56 Å². The highest BCUT2D eigenvalue weighted by atomic mass is 16.4. The zero-order valence-electron chi connectivity index (χ0n) is 9.03. The molecule has 0 atom stereocenters. The molecule has 0 aliphatic heterocycles. The van der Waals surface area contributed by atoms with Gasteiger partial charge in [-0.3, -0.25) is 4.79 Å². The van der Waals surface area contributed by atoms with Gasteiger partial charge in [-0.25, -0.2) is 0 Å². The lowest BCUT2D eigenvalue weighted by Crippen LogP contribution is -1.97. The van der Waals surface area contributed by atoms with Crippen LogP contribution in [0.3, 0.4) is 0 Å². The van der Waals surface area contributed by atoms with E-state index in [9.17, 15) is 4.79 Å². The van der Waals surface area contributed by atoms with Crippen LogP contribution in [0.1, 0.15) is 31.4 Å². The molecule has 0 heterocycles. The highest BCUT2D eigenvalue weighted by Gasteiger charge is 1.98. The van der Waals surface area contributed by atoms with Crippen LogP contribution in [0.15, 0.2) is 24.3 Å². The third-order valence-electron chi connectivity index (χ3n) is 1.71. The fourth-order valence-electron chi connectivity index (χ4n) is 0.997. The second-order valence-electron chi connectivity index (χ2n) is 2.70. The Hall–Kier alpha value is -1.82. The summed E-state index contributed by atoms with van der Waals surface area (Å²) in [6, 6.07) is 8.94. The third kappa shape index (κ3) is 5.48. The fourth-order valence-corrected chi connectivity index (χ4v) is 0.997. The summed E-state index contributed by atoms with van der Waals surface area (Å²) in [6.45, 7) is 4.00. The first kappa shape index (κ1) is 13.2. The summed E-state index contributed by atoms with van der Waals surface area (Å²) in [7, 11) is 0. The Kier molecular flexibility index (Phi) is 6.65. The van der Waals surface area contributed by atoms with Gasteiger partial charge < -0.3 is 5.11 Å².